The first-order chi connectivity index (χ1) is 6.43. The molecule has 0 saturated heterocycles. The molecule has 1 unspecified atom stereocenters. The van der Waals surface area contributed by atoms with Crippen LogP contribution in [0.15, 0.2) is 12.3 Å². The third-order valence-corrected chi connectivity index (χ3v) is 2.64. The Hall–Kier alpha value is -0.960. The van der Waals surface area contributed by atoms with Gasteiger partial charge in [-0.05, 0) is 18.9 Å². The lowest BCUT2D eigenvalue weighted by molar-refractivity contribution is 0.0681. The maximum absolute atomic E-state index is 10.9. The van der Waals surface area contributed by atoms with Crippen LogP contribution in [0.1, 0.15) is 37.3 Å². The van der Waals surface area contributed by atoms with Gasteiger partial charge in [-0.2, -0.15) is 0 Å². The Morgan fingerprint density at radius 2 is 2.07 bits per heavy atom. The highest BCUT2D eigenvalue weighted by atomic mass is 35.5. The quantitative estimate of drug-likeness (QED) is 0.842. The van der Waals surface area contributed by atoms with Gasteiger partial charge in [0.25, 0.3) is 0 Å². The van der Waals surface area contributed by atoms with Crippen molar-refractivity contribution < 1.29 is 9.90 Å². The Labute approximate surface area is 88.3 Å². The molecule has 1 N–H and O–H groups in total. The van der Waals surface area contributed by atoms with Crippen LogP contribution in [-0.2, 0) is 0 Å². The molecule has 78 valence electrons. The maximum Gasteiger partial charge on any atom is 0.352 e. The Morgan fingerprint density at radius 1 is 1.50 bits per heavy atom. The van der Waals surface area contributed by atoms with Crippen molar-refractivity contribution in [3.8, 4) is 0 Å². The second-order valence-electron chi connectivity index (χ2n) is 3.74. The Balaban J connectivity index is 3.12. The fraction of sp³-hybridized carbons (Fsp3) is 0.500. The molecule has 0 bridgehead atoms. The van der Waals surface area contributed by atoms with Gasteiger partial charge in [0.15, 0.2) is 0 Å². The van der Waals surface area contributed by atoms with Gasteiger partial charge in [-0.25, -0.2) is 4.79 Å². The van der Waals surface area contributed by atoms with Gasteiger partial charge in [0.1, 0.15) is 5.69 Å². The summed E-state index contributed by atoms with van der Waals surface area (Å²) in [5.41, 5.74) is 0.246. The minimum Gasteiger partial charge on any atom is -0.477 e. The van der Waals surface area contributed by atoms with E-state index in [9.17, 15) is 4.79 Å². The summed E-state index contributed by atoms with van der Waals surface area (Å²) < 4.78 is 1.70. The first kappa shape index (κ1) is 11.1. The molecule has 0 aliphatic heterocycles. The topological polar surface area (TPSA) is 42.2 Å². The van der Waals surface area contributed by atoms with E-state index in [1.165, 1.54) is 6.07 Å². The van der Waals surface area contributed by atoms with Crippen LogP contribution in [-0.4, -0.2) is 15.6 Å². The van der Waals surface area contributed by atoms with Crippen LogP contribution in [0.2, 0.25) is 5.02 Å². The van der Waals surface area contributed by atoms with Crippen molar-refractivity contribution in [3.63, 3.8) is 0 Å². The molecule has 1 aromatic heterocycles. The molecule has 0 fully saturated rings. The van der Waals surface area contributed by atoms with Crippen LogP contribution in [0.25, 0.3) is 0 Å². The van der Waals surface area contributed by atoms with Crippen molar-refractivity contribution in [1.82, 2.24) is 4.57 Å². The minimum atomic E-state index is -0.940. The van der Waals surface area contributed by atoms with Crippen molar-refractivity contribution in [2.24, 2.45) is 5.92 Å². The molecule has 0 radical (unpaired) electrons. The summed E-state index contributed by atoms with van der Waals surface area (Å²) in [7, 11) is 0. The van der Waals surface area contributed by atoms with E-state index in [1.54, 1.807) is 10.8 Å². The number of carboxylic acid groups (broad SMARTS) is 1. The highest BCUT2D eigenvalue weighted by Crippen LogP contribution is 2.23. The Bertz CT molecular complexity index is 344. The molecule has 1 aromatic rings. The SMILES string of the molecule is CC(C)C(C)n1cc(Cl)cc1C(=O)O. The number of halogens is 1. The van der Waals surface area contributed by atoms with Gasteiger partial charge in [0.2, 0.25) is 0 Å². The van der Waals surface area contributed by atoms with Crippen LogP contribution >= 0.6 is 11.6 Å². The van der Waals surface area contributed by atoms with Gasteiger partial charge in [-0.3, -0.25) is 0 Å². The number of carbonyl (C=O) groups is 1. The molecule has 1 heterocycles. The summed E-state index contributed by atoms with van der Waals surface area (Å²) in [5.74, 6) is -0.569. The zero-order valence-electron chi connectivity index (χ0n) is 8.49. The third-order valence-electron chi connectivity index (χ3n) is 2.44. The third kappa shape index (κ3) is 2.10. The average molecular weight is 216 g/mol. The van der Waals surface area contributed by atoms with E-state index >= 15 is 0 Å². The monoisotopic (exact) mass is 215 g/mol. The first-order valence-corrected chi connectivity index (χ1v) is 4.92. The molecule has 0 aromatic carbocycles. The van der Waals surface area contributed by atoms with Crippen molar-refractivity contribution in [2.75, 3.05) is 0 Å². The smallest absolute Gasteiger partial charge is 0.352 e. The molecule has 0 amide bonds. The van der Waals surface area contributed by atoms with Gasteiger partial charge in [-0.15, -0.1) is 0 Å². The lowest BCUT2D eigenvalue weighted by Crippen LogP contribution is -2.15. The molecule has 1 atom stereocenters. The lowest BCUT2D eigenvalue weighted by Gasteiger charge is -2.19. The summed E-state index contributed by atoms with van der Waals surface area (Å²) in [6.07, 6.45) is 1.66. The van der Waals surface area contributed by atoms with Gasteiger partial charge >= 0.3 is 5.97 Å². The van der Waals surface area contributed by atoms with Crippen molar-refractivity contribution in [3.05, 3.63) is 23.0 Å². The normalized spacial score (nSPS) is 13.2. The van der Waals surface area contributed by atoms with E-state index in [0.29, 0.717) is 10.9 Å². The maximum atomic E-state index is 10.9. The van der Waals surface area contributed by atoms with E-state index < -0.39 is 5.97 Å². The van der Waals surface area contributed by atoms with Crippen LogP contribution in [0.4, 0.5) is 0 Å². The second kappa shape index (κ2) is 4.05. The van der Waals surface area contributed by atoms with Crippen LogP contribution in [0, 0.1) is 5.92 Å². The molecule has 0 spiro atoms. The summed E-state index contributed by atoms with van der Waals surface area (Å²) in [4.78, 5) is 10.9. The van der Waals surface area contributed by atoms with Crippen LogP contribution in [0.5, 0.6) is 0 Å². The molecule has 0 saturated carbocycles. The fourth-order valence-electron chi connectivity index (χ4n) is 1.28. The number of rotatable bonds is 3. The number of hydrogen-bond donors (Lipinski definition) is 1. The molecule has 1 rings (SSSR count). The molecule has 3 nitrogen and oxygen atoms in total. The molecule has 14 heavy (non-hydrogen) atoms. The van der Waals surface area contributed by atoms with Gasteiger partial charge < -0.3 is 9.67 Å². The van der Waals surface area contributed by atoms with Crippen molar-refractivity contribution >= 4 is 17.6 Å². The highest BCUT2D eigenvalue weighted by molar-refractivity contribution is 6.30. The zero-order valence-corrected chi connectivity index (χ0v) is 9.25. The number of carboxylic acids is 1. The van der Waals surface area contributed by atoms with E-state index in [4.69, 9.17) is 16.7 Å². The summed E-state index contributed by atoms with van der Waals surface area (Å²) >= 11 is 5.77. The number of hydrogen-bond acceptors (Lipinski definition) is 1. The zero-order chi connectivity index (χ0) is 10.9. The minimum absolute atomic E-state index is 0.133. The molecular weight excluding hydrogens is 202 g/mol. The van der Waals surface area contributed by atoms with E-state index in [-0.39, 0.29) is 11.7 Å². The van der Waals surface area contributed by atoms with E-state index in [0.717, 1.165) is 0 Å². The lowest BCUT2D eigenvalue weighted by atomic mass is 10.1. The highest BCUT2D eigenvalue weighted by Gasteiger charge is 2.17. The molecular formula is C10H14ClNO2. The Morgan fingerprint density at radius 3 is 2.50 bits per heavy atom. The van der Waals surface area contributed by atoms with Crippen molar-refractivity contribution in [2.45, 2.75) is 26.8 Å². The predicted octanol–water partition coefficient (Wildman–Crippen LogP) is 3.06. The fourth-order valence-corrected chi connectivity index (χ4v) is 1.48. The number of aromatic carboxylic acids is 1. The van der Waals surface area contributed by atoms with Crippen LogP contribution in [0.3, 0.4) is 0 Å². The molecule has 0 aliphatic carbocycles. The second-order valence-corrected chi connectivity index (χ2v) is 4.18. The predicted molar refractivity (Wildman–Crippen MR) is 56.0 cm³/mol. The van der Waals surface area contributed by atoms with E-state index in [1.807, 2.05) is 20.8 Å². The summed E-state index contributed by atoms with van der Waals surface area (Å²) in [5, 5.41) is 9.40. The van der Waals surface area contributed by atoms with Gasteiger partial charge in [-0.1, -0.05) is 25.4 Å². The van der Waals surface area contributed by atoms with Crippen LogP contribution < -0.4 is 0 Å². The largest absolute Gasteiger partial charge is 0.477 e. The number of nitrogens with zero attached hydrogens (tertiary/aromatic N) is 1. The number of aromatic nitrogens is 1. The standard InChI is InChI=1S/C10H14ClNO2/c1-6(2)7(3)12-5-8(11)4-9(12)10(13)14/h4-7H,1-3H3,(H,13,14). The first-order valence-electron chi connectivity index (χ1n) is 4.54. The molecule has 0 aliphatic rings. The van der Waals surface area contributed by atoms with Gasteiger partial charge in [0, 0.05) is 12.2 Å². The van der Waals surface area contributed by atoms with Crippen molar-refractivity contribution in [1.29, 1.82) is 0 Å². The van der Waals surface area contributed by atoms with Gasteiger partial charge in [0.05, 0.1) is 5.02 Å². The van der Waals surface area contributed by atoms with E-state index in [2.05, 4.69) is 0 Å². The summed E-state index contributed by atoms with van der Waals surface area (Å²) in [6.45, 7) is 6.07. The summed E-state index contributed by atoms with van der Waals surface area (Å²) in [6, 6.07) is 1.61. The Kier molecular flexibility index (Phi) is 3.21. The molecule has 4 heteroatoms. The average Bonchev–Trinajstić information content (AvgIpc) is 2.45.